The lowest BCUT2D eigenvalue weighted by Crippen LogP contribution is -2.40. The van der Waals surface area contributed by atoms with Crippen molar-refractivity contribution in [1.29, 1.82) is 0 Å². The molecule has 3 aromatic carbocycles. The summed E-state index contributed by atoms with van der Waals surface area (Å²) in [5.41, 5.74) is 5.01. The van der Waals surface area contributed by atoms with E-state index >= 15 is 0 Å². The first kappa shape index (κ1) is 26.8. The van der Waals surface area contributed by atoms with Crippen LogP contribution in [0.4, 0.5) is 16.2 Å². The molecule has 204 valence electrons. The Balaban J connectivity index is 1.03. The van der Waals surface area contributed by atoms with Gasteiger partial charge < -0.3 is 19.9 Å². The number of para-hydroxylation sites is 1. The van der Waals surface area contributed by atoms with Crippen LogP contribution in [-0.4, -0.2) is 60.6 Å². The first-order chi connectivity index (χ1) is 19.0. The van der Waals surface area contributed by atoms with Crippen LogP contribution in [0.3, 0.4) is 0 Å². The molecule has 0 unspecified atom stereocenters. The number of likely N-dealkylation sites (tertiary alicyclic amines) is 1. The molecule has 0 radical (unpaired) electrons. The minimum absolute atomic E-state index is 0.125. The lowest BCUT2D eigenvalue weighted by atomic mass is 10.0. The van der Waals surface area contributed by atoms with Crippen LogP contribution in [0, 0.1) is 0 Å². The third-order valence-electron chi connectivity index (χ3n) is 7.42. The Bertz CT molecular complexity index is 1250. The monoisotopic (exact) mass is 526 g/mol. The van der Waals surface area contributed by atoms with E-state index in [-0.39, 0.29) is 12.0 Å². The summed E-state index contributed by atoms with van der Waals surface area (Å²) in [5, 5.41) is 6.44. The van der Waals surface area contributed by atoms with E-state index in [1.54, 1.807) is 0 Å². The number of hydrogen-bond acceptors (Lipinski definition) is 5. The molecule has 0 atom stereocenters. The van der Waals surface area contributed by atoms with E-state index in [0.29, 0.717) is 19.0 Å². The molecule has 1 aliphatic heterocycles. The molecule has 2 aliphatic rings. The quantitative estimate of drug-likeness (QED) is 0.340. The summed E-state index contributed by atoms with van der Waals surface area (Å²) in [7, 11) is 1.87. The average molecular weight is 527 g/mol. The molecule has 0 bridgehead atoms. The van der Waals surface area contributed by atoms with Gasteiger partial charge in [-0.25, -0.2) is 4.79 Å². The van der Waals surface area contributed by atoms with E-state index in [1.807, 2.05) is 72.6 Å². The Kier molecular flexibility index (Phi) is 8.78. The molecule has 0 spiro atoms. The molecular weight excluding hydrogens is 488 g/mol. The number of amides is 2. The summed E-state index contributed by atoms with van der Waals surface area (Å²) in [4.78, 5) is 29.5. The highest BCUT2D eigenvalue weighted by molar-refractivity contribution is 5.91. The van der Waals surface area contributed by atoms with Crippen molar-refractivity contribution < 1.29 is 14.3 Å². The van der Waals surface area contributed by atoms with Gasteiger partial charge in [-0.3, -0.25) is 10.1 Å². The maximum Gasteiger partial charge on any atom is 0.411 e. The number of benzene rings is 3. The van der Waals surface area contributed by atoms with Gasteiger partial charge in [-0.2, -0.15) is 0 Å². The molecular formula is C32H38N4O3. The van der Waals surface area contributed by atoms with Gasteiger partial charge in [0.05, 0.1) is 5.69 Å². The lowest BCUT2D eigenvalue weighted by Gasteiger charge is -2.31. The summed E-state index contributed by atoms with van der Waals surface area (Å²) in [6, 6.07) is 26.7. The van der Waals surface area contributed by atoms with Gasteiger partial charge >= 0.3 is 6.09 Å². The third kappa shape index (κ3) is 7.83. The van der Waals surface area contributed by atoms with Crippen molar-refractivity contribution in [2.24, 2.45) is 0 Å². The van der Waals surface area contributed by atoms with E-state index < -0.39 is 6.09 Å². The molecule has 5 rings (SSSR count). The molecule has 0 aromatic heterocycles. The predicted octanol–water partition coefficient (Wildman–Crippen LogP) is 5.99. The fourth-order valence-electron chi connectivity index (χ4n) is 5.03. The van der Waals surface area contributed by atoms with Crippen molar-refractivity contribution in [2.45, 2.75) is 50.8 Å². The minimum Gasteiger partial charge on any atom is -0.446 e. The van der Waals surface area contributed by atoms with Crippen molar-refractivity contribution in [3.05, 3.63) is 84.4 Å². The van der Waals surface area contributed by atoms with Gasteiger partial charge in [0.1, 0.15) is 6.10 Å². The van der Waals surface area contributed by atoms with Crippen LogP contribution in [0.1, 0.15) is 37.7 Å². The molecule has 1 saturated heterocycles. The Morgan fingerprint density at radius 2 is 1.67 bits per heavy atom. The molecule has 1 saturated carbocycles. The molecule has 2 fully saturated rings. The van der Waals surface area contributed by atoms with Crippen LogP contribution in [0.15, 0.2) is 78.9 Å². The molecule has 3 aromatic rings. The smallest absolute Gasteiger partial charge is 0.411 e. The van der Waals surface area contributed by atoms with Gasteiger partial charge in [0.2, 0.25) is 5.91 Å². The normalized spacial score (nSPS) is 15.9. The van der Waals surface area contributed by atoms with Gasteiger partial charge in [0.25, 0.3) is 0 Å². The summed E-state index contributed by atoms with van der Waals surface area (Å²) < 4.78 is 5.75. The topological polar surface area (TPSA) is 73.9 Å². The average Bonchev–Trinajstić information content (AvgIpc) is 3.77. The van der Waals surface area contributed by atoms with Gasteiger partial charge in [-0.05, 0) is 55.0 Å². The van der Waals surface area contributed by atoms with Crippen molar-refractivity contribution in [1.82, 2.24) is 9.80 Å². The van der Waals surface area contributed by atoms with Crippen LogP contribution in [0.25, 0.3) is 11.1 Å². The molecule has 2 N–H and O–H groups in total. The highest BCUT2D eigenvalue weighted by Gasteiger charge is 2.24. The first-order valence-corrected chi connectivity index (χ1v) is 14.0. The molecule has 1 heterocycles. The number of piperidine rings is 1. The summed E-state index contributed by atoms with van der Waals surface area (Å²) in [5.74, 6) is 0.144. The number of ether oxygens (including phenoxy) is 1. The molecule has 7 heteroatoms. The zero-order valence-corrected chi connectivity index (χ0v) is 22.6. The van der Waals surface area contributed by atoms with E-state index in [2.05, 4.69) is 33.7 Å². The standard InChI is InChI=1S/C32H38N4O3/c1-35(23-24-8-7-11-27(22-24)33-26-14-15-26)31(37)18-21-36-19-16-28(17-20-36)39-32(38)34-30-13-6-5-12-29(30)25-9-3-2-4-10-25/h2-13,22,26,28,33H,14-21,23H2,1H3,(H,34,38). The third-order valence-corrected chi connectivity index (χ3v) is 7.42. The number of hydrogen-bond donors (Lipinski definition) is 2. The van der Waals surface area contributed by atoms with E-state index in [1.165, 1.54) is 12.8 Å². The van der Waals surface area contributed by atoms with Crippen LogP contribution >= 0.6 is 0 Å². The zero-order valence-electron chi connectivity index (χ0n) is 22.6. The second-order valence-corrected chi connectivity index (χ2v) is 10.6. The van der Waals surface area contributed by atoms with Gasteiger partial charge in [-0.1, -0.05) is 60.7 Å². The molecule has 39 heavy (non-hydrogen) atoms. The van der Waals surface area contributed by atoms with Crippen LogP contribution < -0.4 is 10.6 Å². The summed E-state index contributed by atoms with van der Waals surface area (Å²) in [6.45, 7) is 2.95. The fraction of sp³-hybridized carbons (Fsp3) is 0.375. The van der Waals surface area contributed by atoms with Gasteiger partial charge in [0.15, 0.2) is 0 Å². The first-order valence-electron chi connectivity index (χ1n) is 14.0. The van der Waals surface area contributed by atoms with Crippen molar-refractivity contribution in [3.63, 3.8) is 0 Å². The predicted molar refractivity (Wildman–Crippen MR) is 156 cm³/mol. The highest BCUT2D eigenvalue weighted by atomic mass is 16.6. The highest BCUT2D eigenvalue weighted by Crippen LogP contribution is 2.28. The molecule has 1 aliphatic carbocycles. The van der Waals surface area contributed by atoms with E-state index in [0.717, 1.165) is 60.5 Å². The number of rotatable bonds is 10. The maximum atomic E-state index is 12.8. The lowest BCUT2D eigenvalue weighted by molar-refractivity contribution is -0.130. The van der Waals surface area contributed by atoms with E-state index in [4.69, 9.17) is 4.74 Å². The summed E-state index contributed by atoms with van der Waals surface area (Å²) in [6.07, 6.45) is 3.94. The number of nitrogens with zero attached hydrogens (tertiary/aromatic N) is 2. The van der Waals surface area contributed by atoms with Gasteiger partial charge in [-0.15, -0.1) is 0 Å². The number of carbonyl (C=O) groups is 2. The van der Waals surface area contributed by atoms with Crippen molar-refractivity contribution in [3.8, 4) is 11.1 Å². The number of nitrogens with one attached hydrogen (secondary N) is 2. The molecule has 7 nitrogen and oxygen atoms in total. The van der Waals surface area contributed by atoms with Crippen LogP contribution in [0.2, 0.25) is 0 Å². The number of carbonyl (C=O) groups excluding carboxylic acids is 2. The second kappa shape index (κ2) is 12.8. The van der Waals surface area contributed by atoms with Crippen molar-refractivity contribution >= 4 is 23.4 Å². The number of anilines is 2. The fourth-order valence-corrected chi connectivity index (χ4v) is 5.03. The van der Waals surface area contributed by atoms with Crippen LogP contribution in [0.5, 0.6) is 0 Å². The van der Waals surface area contributed by atoms with Gasteiger partial charge in [0, 0.05) is 56.9 Å². The van der Waals surface area contributed by atoms with E-state index in [9.17, 15) is 9.59 Å². The second-order valence-electron chi connectivity index (χ2n) is 10.6. The van der Waals surface area contributed by atoms with Crippen LogP contribution in [-0.2, 0) is 16.1 Å². The largest absolute Gasteiger partial charge is 0.446 e. The zero-order chi connectivity index (χ0) is 27.0. The summed E-state index contributed by atoms with van der Waals surface area (Å²) >= 11 is 0. The Hall–Kier alpha value is -3.84. The molecule has 2 amide bonds. The Morgan fingerprint density at radius 3 is 2.44 bits per heavy atom. The Labute approximate surface area is 231 Å². The Morgan fingerprint density at radius 1 is 0.923 bits per heavy atom. The maximum absolute atomic E-state index is 12.8. The SMILES string of the molecule is CN(Cc1cccc(NC2CC2)c1)C(=O)CCN1CCC(OC(=O)Nc2ccccc2-c2ccccc2)CC1. The minimum atomic E-state index is -0.426. The van der Waals surface area contributed by atoms with Crippen molar-refractivity contribution in [2.75, 3.05) is 37.3 Å².